The van der Waals surface area contributed by atoms with Crippen molar-refractivity contribution in [2.24, 2.45) is 0 Å². The van der Waals surface area contributed by atoms with Gasteiger partial charge in [0.25, 0.3) is 0 Å². The molecule has 0 N–H and O–H groups in total. The van der Waals surface area contributed by atoms with E-state index < -0.39 is 5.60 Å². The van der Waals surface area contributed by atoms with Crippen LogP contribution in [0.2, 0.25) is 0 Å². The van der Waals surface area contributed by atoms with E-state index in [4.69, 9.17) is 9.47 Å². The maximum atomic E-state index is 13.4. The van der Waals surface area contributed by atoms with Crippen LogP contribution in [-0.2, 0) is 4.74 Å². The molecule has 2 rings (SSSR count). The van der Waals surface area contributed by atoms with Crippen LogP contribution in [0.1, 0.15) is 44.4 Å². The lowest BCUT2D eigenvalue weighted by Gasteiger charge is -2.27. The van der Waals surface area contributed by atoms with Gasteiger partial charge in [-0.2, -0.15) is 0 Å². The maximum Gasteiger partial charge on any atom is 0.410 e. The quantitative estimate of drug-likeness (QED) is 0.671. The molecule has 4 nitrogen and oxygen atoms in total. The molecule has 2 aromatic carbocycles. The van der Waals surface area contributed by atoms with Gasteiger partial charge in [0.1, 0.15) is 23.3 Å². The van der Waals surface area contributed by atoms with Crippen LogP contribution >= 0.6 is 0 Å². The van der Waals surface area contributed by atoms with Gasteiger partial charge >= 0.3 is 6.09 Å². The summed E-state index contributed by atoms with van der Waals surface area (Å²) in [5, 5.41) is 0. The van der Waals surface area contributed by atoms with Gasteiger partial charge < -0.3 is 14.4 Å². The minimum atomic E-state index is -0.536. The summed E-state index contributed by atoms with van der Waals surface area (Å²) in [6.07, 6.45) is -0.0520. The lowest BCUT2D eigenvalue weighted by atomic mass is 10.1. The Morgan fingerprint density at radius 3 is 2.41 bits per heavy atom. The van der Waals surface area contributed by atoms with Crippen LogP contribution in [0.15, 0.2) is 48.5 Å². The average Bonchev–Trinajstić information content (AvgIpc) is 2.59. The number of halogens is 1. The Balaban J connectivity index is 2.10. The van der Waals surface area contributed by atoms with Gasteiger partial charge in [-0.1, -0.05) is 30.3 Å². The predicted molar refractivity (Wildman–Crippen MR) is 104 cm³/mol. The summed E-state index contributed by atoms with van der Waals surface area (Å²) in [4.78, 5) is 13.7. The summed E-state index contributed by atoms with van der Waals surface area (Å²) in [5.74, 6) is 0.339. The van der Waals surface area contributed by atoms with Crippen molar-refractivity contribution in [1.29, 1.82) is 0 Å². The average molecular weight is 372 g/mol. The summed E-state index contributed by atoms with van der Waals surface area (Å²) in [5.41, 5.74) is 1.20. The van der Waals surface area contributed by atoms with Gasteiger partial charge in [-0.25, -0.2) is 9.18 Å². The van der Waals surface area contributed by atoms with Gasteiger partial charge in [0.05, 0.1) is 0 Å². The van der Waals surface area contributed by atoms with Gasteiger partial charge in [-0.05, 0) is 57.0 Å². The molecule has 0 radical (unpaired) electrons. The van der Waals surface area contributed by atoms with Crippen molar-refractivity contribution < 1.29 is 18.7 Å². The van der Waals surface area contributed by atoms with Crippen molar-refractivity contribution in [3.05, 3.63) is 65.5 Å². The Labute approximate surface area is 160 Å². The monoisotopic (exact) mass is 372 g/mol. The minimum Gasteiger partial charge on any atom is -0.485 e. The third-order valence-electron chi connectivity index (χ3n) is 4.01. The maximum absolute atomic E-state index is 13.4. The third-order valence-corrected chi connectivity index (χ3v) is 4.01. The van der Waals surface area contributed by atoms with Crippen molar-refractivity contribution in [1.82, 2.24) is 4.90 Å². The van der Waals surface area contributed by atoms with Crippen LogP contribution in [0.25, 0.3) is 0 Å². The topological polar surface area (TPSA) is 38.8 Å². The molecule has 5 heteroatoms. The predicted octanol–water partition coefficient (Wildman–Crippen LogP) is 5.51. The molecule has 2 aromatic rings. The minimum absolute atomic E-state index is 0.264. The normalized spacial score (nSPS) is 12.4. The van der Waals surface area contributed by atoms with E-state index >= 15 is 0 Å². The second kappa shape index (κ2) is 8.89. The van der Waals surface area contributed by atoms with Crippen LogP contribution in [0, 0.1) is 12.7 Å². The molecule has 27 heavy (non-hydrogen) atoms. The standard InChI is InChI=1S/C22H28FNO3/c1-16-15-18(23)11-12-19(16)26-20(17-9-7-6-8-10-17)13-14-24(5)21(25)27-22(2,3)4/h6-12,15,20H,13-14H2,1-5H3/t20-/m1/s1/i23-1. The highest BCUT2D eigenvalue weighted by molar-refractivity contribution is 5.67. The Bertz CT molecular complexity index is 756. The van der Waals surface area contributed by atoms with E-state index in [1.807, 2.05) is 58.0 Å². The van der Waals surface area contributed by atoms with Crippen LogP contribution in [0.3, 0.4) is 0 Å². The molecule has 0 aliphatic carbocycles. The van der Waals surface area contributed by atoms with Gasteiger partial charge in [-0.15, -0.1) is 0 Å². The van der Waals surface area contributed by atoms with E-state index in [0.717, 1.165) is 11.1 Å². The largest absolute Gasteiger partial charge is 0.485 e. The molecule has 0 aliphatic heterocycles. The summed E-state index contributed by atoms with van der Waals surface area (Å²) < 4.78 is 24.9. The fourth-order valence-electron chi connectivity index (χ4n) is 2.60. The zero-order valence-electron chi connectivity index (χ0n) is 16.7. The first kappa shape index (κ1) is 20.7. The Morgan fingerprint density at radius 1 is 1.15 bits per heavy atom. The van der Waals surface area contributed by atoms with E-state index in [1.54, 1.807) is 18.0 Å². The lowest BCUT2D eigenvalue weighted by molar-refractivity contribution is 0.0278. The summed E-state index contributed by atoms with van der Waals surface area (Å²) >= 11 is 0. The first-order chi connectivity index (χ1) is 12.7. The number of carbonyl (C=O) groups is 1. The molecule has 0 spiro atoms. The van der Waals surface area contributed by atoms with Gasteiger partial charge in [0, 0.05) is 20.0 Å². The molecule has 1 amide bonds. The zero-order valence-corrected chi connectivity index (χ0v) is 16.7. The number of carbonyl (C=O) groups excluding carboxylic acids is 1. The lowest BCUT2D eigenvalue weighted by Crippen LogP contribution is -2.35. The molecule has 0 fully saturated rings. The van der Waals surface area contributed by atoms with Crippen LogP contribution in [0.5, 0.6) is 5.75 Å². The van der Waals surface area contributed by atoms with E-state index in [1.165, 1.54) is 12.1 Å². The fourth-order valence-corrected chi connectivity index (χ4v) is 2.60. The van der Waals surface area contributed by atoms with Crippen LogP contribution < -0.4 is 4.74 Å². The van der Waals surface area contributed by atoms with Gasteiger partial charge in [-0.3, -0.25) is 0 Å². The molecule has 0 aromatic heterocycles. The highest BCUT2D eigenvalue weighted by Gasteiger charge is 2.22. The molecule has 0 aliphatic rings. The molecular formula is C22H28FNO3. The number of amides is 1. The van der Waals surface area contributed by atoms with Crippen LogP contribution in [-0.4, -0.2) is 30.2 Å². The summed E-state index contributed by atoms with van der Waals surface area (Å²) in [6, 6.07) is 14.3. The smallest absolute Gasteiger partial charge is 0.410 e. The highest BCUT2D eigenvalue weighted by Crippen LogP contribution is 2.28. The Hall–Kier alpha value is -2.56. The van der Waals surface area contributed by atoms with Crippen molar-refractivity contribution in [3.8, 4) is 5.75 Å². The molecule has 0 saturated carbocycles. The molecular weight excluding hydrogens is 344 g/mol. The van der Waals surface area contributed by atoms with Crippen molar-refractivity contribution >= 4 is 6.09 Å². The number of rotatable bonds is 6. The SMILES string of the molecule is Cc1cc([18F])ccc1O[C@H](CCN(C)C(=O)OC(C)(C)C)c1ccccc1. The second-order valence-corrected chi connectivity index (χ2v) is 7.62. The van der Waals surface area contributed by atoms with Gasteiger partial charge in [0.2, 0.25) is 0 Å². The first-order valence-electron chi connectivity index (χ1n) is 9.07. The summed E-state index contributed by atoms with van der Waals surface area (Å²) in [7, 11) is 1.71. The fraction of sp³-hybridized carbons (Fsp3) is 0.409. The molecule has 146 valence electrons. The van der Waals surface area contributed by atoms with E-state index in [2.05, 4.69) is 0 Å². The van der Waals surface area contributed by atoms with E-state index in [-0.39, 0.29) is 18.0 Å². The number of ether oxygens (including phenoxy) is 2. The molecule has 0 saturated heterocycles. The zero-order chi connectivity index (χ0) is 20.0. The van der Waals surface area contributed by atoms with Crippen LogP contribution in [0.4, 0.5) is 9.18 Å². The van der Waals surface area contributed by atoms with E-state index in [9.17, 15) is 9.18 Å². The molecule has 0 unspecified atom stereocenters. The van der Waals surface area contributed by atoms with Crippen molar-refractivity contribution in [2.45, 2.75) is 45.8 Å². The number of hydrogen-bond donors (Lipinski definition) is 0. The second-order valence-electron chi connectivity index (χ2n) is 7.62. The first-order valence-corrected chi connectivity index (χ1v) is 9.07. The van der Waals surface area contributed by atoms with Gasteiger partial charge in [0.15, 0.2) is 0 Å². The third kappa shape index (κ3) is 6.59. The molecule has 0 heterocycles. The van der Waals surface area contributed by atoms with Crippen molar-refractivity contribution in [3.63, 3.8) is 0 Å². The number of benzene rings is 2. The number of nitrogens with zero attached hydrogens (tertiary/aromatic N) is 1. The number of hydrogen-bond acceptors (Lipinski definition) is 3. The van der Waals surface area contributed by atoms with E-state index in [0.29, 0.717) is 18.7 Å². The Kier molecular flexibility index (Phi) is 6.83. The summed E-state index contributed by atoms with van der Waals surface area (Å²) in [6.45, 7) is 7.80. The highest BCUT2D eigenvalue weighted by atomic mass is 18.2. The van der Waals surface area contributed by atoms with Crippen molar-refractivity contribution in [2.75, 3.05) is 13.6 Å². The molecule has 0 bridgehead atoms. The number of aryl methyl sites for hydroxylation is 1. The Morgan fingerprint density at radius 2 is 1.81 bits per heavy atom. The molecule has 1 atom stereocenters.